The van der Waals surface area contributed by atoms with Gasteiger partial charge in [0.2, 0.25) is 5.91 Å². The van der Waals surface area contributed by atoms with E-state index in [1.807, 2.05) is 36.9 Å². The predicted molar refractivity (Wildman–Crippen MR) is 80.2 cm³/mol. The van der Waals surface area contributed by atoms with Gasteiger partial charge in [-0.2, -0.15) is 0 Å². The Morgan fingerprint density at radius 3 is 2.86 bits per heavy atom. The molecule has 2 amide bonds. The molecule has 1 aliphatic rings. The molecule has 0 radical (unpaired) electrons. The summed E-state index contributed by atoms with van der Waals surface area (Å²) in [6.45, 7) is 4.42. The van der Waals surface area contributed by atoms with Gasteiger partial charge in [0.05, 0.1) is 18.8 Å². The Labute approximate surface area is 124 Å². The molecule has 0 bridgehead atoms. The lowest BCUT2D eigenvalue weighted by molar-refractivity contribution is -0.125. The van der Waals surface area contributed by atoms with Crippen molar-refractivity contribution in [3.05, 3.63) is 24.3 Å². The molecule has 0 aliphatic carbocycles. The zero-order chi connectivity index (χ0) is 15.4. The van der Waals surface area contributed by atoms with E-state index < -0.39 is 12.0 Å². The molecule has 21 heavy (non-hydrogen) atoms. The van der Waals surface area contributed by atoms with E-state index in [-0.39, 0.29) is 25.0 Å². The lowest BCUT2D eigenvalue weighted by atomic mass is 10.1. The van der Waals surface area contributed by atoms with Crippen LogP contribution in [0.15, 0.2) is 24.3 Å². The zero-order valence-electron chi connectivity index (χ0n) is 12.3. The molecule has 0 saturated carbocycles. The van der Waals surface area contributed by atoms with Gasteiger partial charge in [0, 0.05) is 6.04 Å². The maximum Gasteiger partial charge on any atom is 0.260 e. The molecule has 1 aromatic carbocycles. The Bertz CT molecular complexity index is 533. The van der Waals surface area contributed by atoms with Crippen molar-refractivity contribution in [1.82, 2.24) is 5.32 Å². The number of primary amides is 1. The van der Waals surface area contributed by atoms with Gasteiger partial charge in [0.15, 0.2) is 6.10 Å². The number of nitrogens with zero attached hydrogens (tertiary/aromatic N) is 1. The second-order valence-corrected chi connectivity index (χ2v) is 5.23. The first-order chi connectivity index (χ1) is 10.0. The Morgan fingerprint density at radius 2 is 2.19 bits per heavy atom. The van der Waals surface area contributed by atoms with Crippen molar-refractivity contribution < 1.29 is 14.3 Å². The minimum Gasteiger partial charge on any atom is -0.477 e. The van der Waals surface area contributed by atoms with Crippen LogP contribution in [0.2, 0.25) is 0 Å². The molecule has 6 heteroatoms. The van der Waals surface area contributed by atoms with Crippen LogP contribution in [0, 0.1) is 0 Å². The van der Waals surface area contributed by atoms with Crippen molar-refractivity contribution in [2.45, 2.75) is 32.4 Å². The van der Waals surface area contributed by atoms with Gasteiger partial charge < -0.3 is 20.7 Å². The largest absolute Gasteiger partial charge is 0.477 e. The second kappa shape index (κ2) is 6.47. The normalized spacial score (nSPS) is 18.4. The summed E-state index contributed by atoms with van der Waals surface area (Å²) in [5, 5.41) is 2.91. The van der Waals surface area contributed by atoms with Crippen LogP contribution in [-0.2, 0) is 9.59 Å². The van der Waals surface area contributed by atoms with Gasteiger partial charge in [0.1, 0.15) is 5.75 Å². The molecule has 6 nitrogen and oxygen atoms in total. The molecule has 2 rings (SSSR count). The van der Waals surface area contributed by atoms with E-state index in [1.54, 1.807) is 6.07 Å². The molecule has 0 saturated heterocycles. The number of carbonyl (C=O) groups is 2. The van der Waals surface area contributed by atoms with Gasteiger partial charge in [-0.25, -0.2) is 0 Å². The molecule has 0 aromatic heterocycles. The fourth-order valence-electron chi connectivity index (χ4n) is 2.20. The van der Waals surface area contributed by atoms with Crippen molar-refractivity contribution in [1.29, 1.82) is 0 Å². The first-order valence-electron chi connectivity index (χ1n) is 7.10. The Morgan fingerprint density at radius 1 is 1.48 bits per heavy atom. The minimum absolute atomic E-state index is 0.0794. The molecule has 0 unspecified atom stereocenters. The number of benzene rings is 1. The van der Waals surface area contributed by atoms with Crippen LogP contribution in [0.1, 0.15) is 20.3 Å². The average molecular weight is 291 g/mol. The summed E-state index contributed by atoms with van der Waals surface area (Å²) in [6, 6.07) is 7.44. The smallest absolute Gasteiger partial charge is 0.260 e. The average Bonchev–Trinajstić information content (AvgIpc) is 2.46. The third-order valence-corrected chi connectivity index (χ3v) is 3.53. The van der Waals surface area contributed by atoms with Crippen LogP contribution in [0.25, 0.3) is 0 Å². The van der Waals surface area contributed by atoms with E-state index >= 15 is 0 Å². The number of fused-ring (bicyclic) bond motifs is 1. The third kappa shape index (κ3) is 3.65. The predicted octanol–water partition coefficient (Wildman–Crippen LogP) is 0.654. The Hall–Kier alpha value is -2.24. The Kier molecular flexibility index (Phi) is 4.67. The maximum absolute atomic E-state index is 12.1. The molecule has 2 atom stereocenters. The number of hydrogen-bond acceptors (Lipinski definition) is 4. The molecule has 0 spiro atoms. The molecule has 0 fully saturated rings. The summed E-state index contributed by atoms with van der Waals surface area (Å²) < 4.78 is 5.56. The number of amides is 2. The third-order valence-electron chi connectivity index (χ3n) is 3.53. The molecule has 1 aromatic rings. The van der Waals surface area contributed by atoms with Crippen molar-refractivity contribution in [3.63, 3.8) is 0 Å². The number of rotatable bonds is 5. The van der Waals surface area contributed by atoms with Crippen molar-refractivity contribution >= 4 is 17.5 Å². The lowest BCUT2D eigenvalue weighted by Crippen LogP contribution is -2.50. The van der Waals surface area contributed by atoms with Gasteiger partial charge in [-0.05, 0) is 25.5 Å². The highest BCUT2D eigenvalue weighted by molar-refractivity contribution is 5.85. The summed E-state index contributed by atoms with van der Waals surface area (Å²) in [7, 11) is 0. The van der Waals surface area contributed by atoms with E-state index in [1.165, 1.54) is 0 Å². The van der Waals surface area contributed by atoms with Crippen molar-refractivity contribution in [2.75, 3.05) is 18.0 Å². The van der Waals surface area contributed by atoms with Gasteiger partial charge >= 0.3 is 0 Å². The second-order valence-electron chi connectivity index (χ2n) is 5.23. The minimum atomic E-state index is -0.740. The molecular weight excluding hydrogens is 270 g/mol. The van der Waals surface area contributed by atoms with E-state index in [0.717, 1.165) is 12.1 Å². The molecule has 1 heterocycles. The van der Waals surface area contributed by atoms with Crippen molar-refractivity contribution in [3.8, 4) is 5.75 Å². The highest BCUT2D eigenvalue weighted by Crippen LogP contribution is 2.32. The van der Waals surface area contributed by atoms with Gasteiger partial charge in [-0.15, -0.1) is 0 Å². The Balaban J connectivity index is 2.14. The standard InChI is InChI=1S/C15H21N3O3/c1-3-10(2)17-14(19)9-18-8-13(15(16)20)21-12-7-5-4-6-11(12)18/h4-7,10,13H,3,8-9H2,1-2H3,(H2,16,20)(H,17,19)/t10-,13-/m0/s1. The summed E-state index contributed by atoms with van der Waals surface area (Å²) in [6.07, 6.45) is 0.131. The number of ether oxygens (including phenoxy) is 1. The van der Waals surface area contributed by atoms with Crippen LogP contribution < -0.4 is 20.7 Å². The van der Waals surface area contributed by atoms with Crippen LogP contribution in [0.4, 0.5) is 5.69 Å². The monoisotopic (exact) mass is 291 g/mol. The first kappa shape index (κ1) is 15.2. The van der Waals surface area contributed by atoms with E-state index in [9.17, 15) is 9.59 Å². The van der Waals surface area contributed by atoms with Crippen molar-refractivity contribution in [2.24, 2.45) is 5.73 Å². The maximum atomic E-state index is 12.1. The van der Waals surface area contributed by atoms with Crippen LogP contribution in [0.3, 0.4) is 0 Å². The number of nitrogens with two attached hydrogens (primary N) is 1. The number of anilines is 1. The van der Waals surface area contributed by atoms with Gasteiger partial charge in [-0.3, -0.25) is 9.59 Å². The van der Waals surface area contributed by atoms with E-state index in [2.05, 4.69) is 5.32 Å². The number of para-hydroxylation sites is 2. The molecular formula is C15H21N3O3. The lowest BCUT2D eigenvalue weighted by Gasteiger charge is -2.34. The van der Waals surface area contributed by atoms with Gasteiger partial charge in [-0.1, -0.05) is 19.1 Å². The summed E-state index contributed by atoms with van der Waals surface area (Å²) in [4.78, 5) is 25.3. The number of hydrogen-bond donors (Lipinski definition) is 2. The zero-order valence-corrected chi connectivity index (χ0v) is 12.3. The van der Waals surface area contributed by atoms with Crippen LogP contribution in [-0.4, -0.2) is 37.0 Å². The highest BCUT2D eigenvalue weighted by Gasteiger charge is 2.30. The molecule has 1 aliphatic heterocycles. The summed E-state index contributed by atoms with van der Waals surface area (Å²) >= 11 is 0. The fraction of sp³-hybridized carbons (Fsp3) is 0.467. The first-order valence-corrected chi connectivity index (χ1v) is 7.10. The van der Waals surface area contributed by atoms with Gasteiger partial charge in [0.25, 0.3) is 5.91 Å². The quantitative estimate of drug-likeness (QED) is 0.834. The number of carbonyl (C=O) groups excluding carboxylic acids is 2. The molecule has 3 N–H and O–H groups in total. The topological polar surface area (TPSA) is 84.7 Å². The summed E-state index contributed by atoms with van der Waals surface area (Å²) in [5.41, 5.74) is 6.13. The SMILES string of the molecule is CC[C@H](C)NC(=O)CN1C[C@@H](C(N)=O)Oc2ccccc21. The fourth-order valence-corrected chi connectivity index (χ4v) is 2.20. The van der Waals surface area contributed by atoms with E-state index in [4.69, 9.17) is 10.5 Å². The van der Waals surface area contributed by atoms with Crippen LogP contribution >= 0.6 is 0 Å². The van der Waals surface area contributed by atoms with Crippen LogP contribution in [0.5, 0.6) is 5.75 Å². The summed E-state index contributed by atoms with van der Waals surface area (Å²) in [5.74, 6) is -0.0370. The number of nitrogens with one attached hydrogen (secondary N) is 1. The molecule has 114 valence electrons. The highest BCUT2D eigenvalue weighted by atomic mass is 16.5. The van der Waals surface area contributed by atoms with E-state index in [0.29, 0.717) is 5.75 Å².